The van der Waals surface area contributed by atoms with Crippen LogP contribution in [0.15, 0.2) is 18.3 Å². The molecule has 0 aliphatic carbocycles. The van der Waals surface area contributed by atoms with Crippen molar-refractivity contribution in [2.24, 2.45) is 0 Å². The maximum atomic E-state index is 12.0. The summed E-state index contributed by atoms with van der Waals surface area (Å²) in [6.45, 7) is 7.91. The quantitative estimate of drug-likeness (QED) is 0.903. The van der Waals surface area contributed by atoms with Crippen LogP contribution in [0.2, 0.25) is 0 Å². The number of hydrogen-bond acceptors (Lipinski definition) is 4. The van der Waals surface area contributed by atoms with Gasteiger partial charge in [-0.15, -0.1) is 22.7 Å². The summed E-state index contributed by atoms with van der Waals surface area (Å²) in [6, 6.07) is 3.68. The molecule has 0 saturated carbocycles. The number of thiophene rings is 1. The van der Waals surface area contributed by atoms with Crippen LogP contribution in [0.3, 0.4) is 0 Å². The molecule has 102 valence electrons. The van der Waals surface area contributed by atoms with Crippen LogP contribution in [0.25, 0.3) is 0 Å². The maximum Gasteiger partial charge on any atom is 0.320 e. The zero-order valence-corrected chi connectivity index (χ0v) is 13.0. The second-order valence-corrected chi connectivity index (χ2v) is 7.41. The molecule has 19 heavy (non-hydrogen) atoms. The number of nitrogens with one attached hydrogen (secondary N) is 2. The van der Waals surface area contributed by atoms with Crippen LogP contribution >= 0.6 is 22.7 Å². The van der Waals surface area contributed by atoms with Crippen molar-refractivity contribution >= 4 is 33.7 Å². The topological polar surface area (TPSA) is 54.0 Å². The van der Waals surface area contributed by atoms with Gasteiger partial charge in [-0.3, -0.25) is 5.32 Å². The van der Waals surface area contributed by atoms with Gasteiger partial charge in [-0.05, 0) is 39.8 Å². The van der Waals surface area contributed by atoms with E-state index in [4.69, 9.17) is 0 Å². The van der Waals surface area contributed by atoms with Crippen LogP contribution in [0.5, 0.6) is 0 Å². The zero-order chi connectivity index (χ0) is 14.0. The van der Waals surface area contributed by atoms with Crippen molar-refractivity contribution in [1.82, 2.24) is 10.3 Å². The Morgan fingerprint density at radius 3 is 2.47 bits per heavy atom. The minimum atomic E-state index is -0.477. The first-order chi connectivity index (χ1) is 8.87. The highest BCUT2D eigenvalue weighted by Crippen LogP contribution is 2.25. The van der Waals surface area contributed by atoms with E-state index in [0.29, 0.717) is 0 Å². The summed E-state index contributed by atoms with van der Waals surface area (Å²) in [7, 11) is 0. The number of urea groups is 1. The number of amides is 2. The van der Waals surface area contributed by atoms with Gasteiger partial charge in [-0.2, -0.15) is 0 Å². The number of anilines is 1. The molecule has 2 heterocycles. The second-order valence-electron chi connectivity index (χ2n) is 4.89. The van der Waals surface area contributed by atoms with Gasteiger partial charge in [0.1, 0.15) is 5.01 Å². The lowest BCUT2D eigenvalue weighted by molar-refractivity contribution is 0.242. The normalized spacial score (nSPS) is 11.4. The molecule has 0 radical (unpaired) electrons. The van der Waals surface area contributed by atoms with Gasteiger partial charge in [0, 0.05) is 16.0 Å². The van der Waals surface area contributed by atoms with Gasteiger partial charge in [-0.1, -0.05) is 0 Å². The summed E-state index contributed by atoms with van der Waals surface area (Å²) >= 11 is 3.15. The first-order valence-electron chi connectivity index (χ1n) is 5.95. The van der Waals surface area contributed by atoms with Crippen molar-refractivity contribution in [2.75, 3.05) is 5.32 Å². The highest BCUT2D eigenvalue weighted by atomic mass is 32.1. The Hall–Kier alpha value is -1.40. The Morgan fingerprint density at radius 2 is 1.95 bits per heavy atom. The lowest BCUT2D eigenvalue weighted by Gasteiger charge is -2.23. The summed E-state index contributed by atoms with van der Waals surface area (Å²) in [5.74, 6) is 0. The Kier molecular flexibility index (Phi) is 3.91. The van der Waals surface area contributed by atoms with Crippen LogP contribution in [-0.4, -0.2) is 11.0 Å². The predicted octanol–water partition coefficient (Wildman–Crippen LogP) is 3.88. The van der Waals surface area contributed by atoms with Gasteiger partial charge in [0.2, 0.25) is 0 Å². The van der Waals surface area contributed by atoms with Crippen molar-refractivity contribution in [3.8, 4) is 0 Å². The van der Waals surface area contributed by atoms with Crippen molar-refractivity contribution in [3.63, 3.8) is 0 Å². The van der Waals surface area contributed by atoms with Crippen molar-refractivity contribution in [3.05, 3.63) is 33.1 Å². The molecule has 0 saturated heterocycles. The summed E-state index contributed by atoms with van der Waals surface area (Å²) in [5, 5.41) is 7.54. The molecule has 2 aromatic rings. The molecule has 6 heteroatoms. The van der Waals surface area contributed by atoms with Gasteiger partial charge in [-0.25, -0.2) is 9.78 Å². The van der Waals surface area contributed by atoms with Crippen molar-refractivity contribution in [2.45, 2.75) is 33.2 Å². The summed E-state index contributed by atoms with van der Waals surface area (Å²) in [4.78, 5) is 18.6. The maximum absolute atomic E-state index is 12.0. The van der Waals surface area contributed by atoms with Crippen LogP contribution in [0, 0.1) is 13.8 Å². The number of nitrogens with zero attached hydrogens (tertiary/aromatic N) is 1. The summed E-state index contributed by atoms with van der Waals surface area (Å²) in [6.07, 6.45) is 1.82. The fraction of sp³-hybridized carbons (Fsp3) is 0.385. The second kappa shape index (κ2) is 5.30. The standard InChI is InChI=1S/C13H17N3OS2/c1-8-5-6-10(18-8)15-12(17)16-13(3,4)11-14-7-9(2)19-11/h5-7H,1-4H3,(H2,15,16,17). The Balaban J connectivity index is 2.01. The number of aromatic nitrogens is 1. The summed E-state index contributed by atoms with van der Waals surface area (Å²) < 4.78 is 0. The third-order valence-corrected chi connectivity index (χ3v) is 4.71. The Morgan fingerprint density at radius 1 is 1.21 bits per heavy atom. The molecule has 0 aromatic carbocycles. The molecular weight excluding hydrogens is 278 g/mol. The fourth-order valence-corrected chi connectivity index (χ4v) is 3.21. The third kappa shape index (κ3) is 3.54. The van der Waals surface area contributed by atoms with E-state index in [-0.39, 0.29) is 6.03 Å². The number of hydrogen-bond donors (Lipinski definition) is 2. The van der Waals surface area contributed by atoms with E-state index >= 15 is 0 Å². The van der Waals surface area contributed by atoms with Crippen molar-refractivity contribution < 1.29 is 4.79 Å². The first-order valence-corrected chi connectivity index (χ1v) is 7.58. The molecule has 0 aliphatic heterocycles. The molecule has 2 amide bonds. The van der Waals surface area contributed by atoms with E-state index < -0.39 is 5.54 Å². The number of carbonyl (C=O) groups is 1. The number of aryl methyl sites for hydroxylation is 2. The predicted molar refractivity (Wildman–Crippen MR) is 81.1 cm³/mol. The SMILES string of the molecule is Cc1ccc(NC(=O)NC(C)(C)c2ncc(C)s2)s1. The van der Waals surface area contributed by atoms with Crippen LogP contribution in [0.4, 0.5) is 9.80 Å². The Bertz CT molecular complexity index is 586. The number of thiazole rings is 1. The van der Waals surface area contributed by atoms with Gasteiger partial charge in [0.05, 0.1) is 10.5 Å². The largest absolute Gasteiger partial charge is 0.326 e. The lowest BCUT2D eigenvalue weighted by atomic mass is 10.1. The average molecular weight is 295 g/mol. The molecular formula is C13H17N3OS2. The van der Waals surface area contributed by atoms with Gasteiger partial charge in [0.25, 0.3) is 0 Å². The van der Waals surface area contributed by atoms with Gasteiger partial charge in [0.15, 0.2) is 0 Å². The number of rotatable bonds is 3. The van der Waals surface area contributed by atoms with E-state index in [0.717, 1.165) is 14.9 Å². The highest BCUT2D eigenvalue weighted by molar-refractivity contribution is 7.16. The van der Waals surface area contributed by atoms with Gasteiger partial charge >= 0.3 is 6.03 Å². The molecule has 2 aromatic heterocycles. The molecule has 0 fully saturated rings. The van der Waals surface area contributed by atoms with Crippen LogP contribution in [0.1, 0.15) is 28.6 Å². The molecule has 2 N–H and O–H groups in total. The first kappa shape index (κ1) is 14.0. The molecule has 0 unspecified atom stereocenters. The fourth-order valence-electron chi connectivity index (χ4n) is 1.63. The van der Waals surface area contributed by atoms with E-state index in [1.807, 2.05) is 46.0 Å². The summed E-state index contributed by atoms with van der Waals surface area (Å²) in [5.41, 5.74) is -0.477. The smallest absolute Gasteiger partial charge is 0.320 e. The zero-order valence-electron chi connectivity index (χ0n) is 11.4. The average Bonchev–Trinajstić information content (AvgIpc) is 2.87. The molecule has 0 atom stereocenters. The minimum Gasteiger partial charge on any atom is -0.326 e. The van der Waals surface area contributed by atoms with Gasteiger partial charge < -0.3 is 5.32 Å². The van der Waals surface area contributed by atoms with Crippen LogP contribution in [-0.2, 0) is 5.54 Å². The lowest BCUT2D eigenvalue weighted by Crippen LogP contribution is -2.43. The molecule has 0 bridgehead atoms. The van der Waals surface area contributed by atoms with E-state index in [9.17, 15) is 4.79 Å². The monoisotopic (exact) mass is 295 g/mol. The van der Waals surface area contributed by atoms with Crippen molar-refractivity contribution in [1.29, 1.82) is 0 Å². The molecule has 0 aliphatic rings. The molecule has 4 nitrogen and oxygen atoms in total. The van der Waals surface area contributed by atoms with E-state index in [1.54, 1.807) is 22.7 Å². The van der Waals surface area contributed by atoms with E-state index in [1.165, 1.54) is 4.88 Å². The third-order valence-electron chi connectivity index (χ3n) is 2.56. The number of carbonyl (C=O) groups excluding carboxylic acids is 1. The minimum absolute atomic E-state index is 0.209. The Labute approximate surface area is 120 Å². The highest BCUT2D eigenvalue weighted by Gasteiger charge is 2.26. The molecule has 2 rings (SSSR count). The van der Waals surface area contributed by atoms with E-state index in [2.05, 4.69) is 15.6 Å². The molecule has 0 spiro atoms. The van der Waals surface area contributed by atoms with Crippen LogP contribution < -0.4 is 10.6 Å².